The minimum atomic E-state index is -1.10. The standard InChI is InChI=1S/C15H20BF2NO3/c1-14(2)15(3,4)22-16(21-14)12-9(17)8-10(19-13(12)18)11-6-5-7-20-11/h8,11H,5-7H2,1-4H3. The molecule has 3 rings (SSSR count). The minimum Gasteiger partial charge on any atom is -0.399 e. The number of hydrogen-bond donors (Lipinski definition) is 0. The third kappa shape index (κ3) is 2.55. The highest BCUT2D eigenvalue weighted by molar-refractivity contribution is 6.62. The Morgan fingerprint density at radius 1 is 1.18 bits per heavy atom. The van der Waals surface area contributed by atoms with Gasteiger partial charge in [-0.15, -0.1) is 0 Å². The lowest BCUT2D eigenvalue weighted by atomic mass is 9.79. The molecule has 1 atom stereocenters. The first kappa shape index (κ1) is 15.8. The van der Waals surface area contributed by atoms with E-state index in [1.54, 1.807) is 0 Å². The van der Waals surface area contributed by atoms with Gasteiger partial charge in [0.25, 0.3) is 0 Å². The summed E-state index contributed by atoms with van der Waals surface area (Å²) in [6.07, 6.45) is 1.26. The molecule has 1 aromatic heterocycles. The number of nitrogens with zero attached hydrogens (tertiary/aromatic N) is 1. The average molecular weight is 311 g/mol. The molecule has 120 valence electrons. The predicted molar refractivity (Wildman–Crippen MR) is 77.8 cm³/mol. The molecule has 0 amide bonds. The third-order valence-corrected chi connectivity index (χ3v) is 4.73. The van der Waals surface area contributed by atoms with Crippen LogP contribution >= 0.6 is 0 Å². The van der Waals surface area contributed by atoms with Crippen LogP contribution in [-0.4, -0.2) is 29.9 Å². The third-order valence-electron chi connectivity index (χ3n) is 4.73. The van der Waals surface area contributed by atoms with Crippen molar-refractivity contribution in [1.29, 1.82) is 0 Å². The molecule has 2 aliphatic heterocycles. The number of hydrogen-bond acceptors (Lipinski definition) is 4. The van der Waals surface area contributed by atoms with Crippen LogP contribution in [-0.2, 0) is 14.0 Å². The highest BCUT2D eigenvalue weighted by Gasteiger charge is 2.53. The highest BCUT2D eigenvalue weighted by Crippen LogP contribution is 2.37. The van der Waals surface area contributed by atoms with Gasteiger partial charge in [-0.3, -0.25) is 0 Å². The van der Waals surface area contributed by atoms with Gasteiger partial charge in [0, 0.05) is 6.61 Å². The lowest BCUT2D eigenvalue weighted by molar-refractivity contribution is 0.00578. The Balaban J connectivity index is 1.92. The maximum Gasteiger partial charge on any atom is 0.502 e. The second kappa shape index (κ2) is 5.25. The van der Waals surface area contributed by atoms with Gasteiger partial charge in [0.2, 0.25) is 5.95 Å². The predicted octanol–water partition coefficient (Wildman–Crippen LogP) is 2.51. The molecule has 1 unspecified atom stereocenters. The van der Waals surface area contributed by atoms with Crippen molar-refractivity contribution >= 4 is 12.6 Å². The fourth-order valence-corrected chi connectivity index (χ4v) is 2.66. The lowest BCUT2D eigenvalue weighted by Gasteiger charge is -2.32. The van der Waals surface area contributed by atoms with E-state index in [1.807, 2.05) is 27.7 Å². The maximum absolute atomic E-state index is 14.4. The summed E-state index contributed by atoms with van der Waals surface area (Å²) in [5.74, 6) is -1.61. The Morgan fingerprint density at radius 3 is 2.32 bits per heavy atom. The van der Waals surface area contributed by atoms with Crippen molar-refractivity contribution in [1.82, 2.24) is 4.98 Å². The molecule has 0 saturated carbocycles. The van der Waals surface area contributed by atoms with Crippen molar-refractivity contribution in [3.8, 4) is 0 Å². The second-order valence-electron chi connectivity index (χ2n) is 6.82. The van der Waals surface area contributed by atoms with Gasteiger partial charge in [-0.05, 0) is 46.6 Å². The number of ether oxygens (including phenoxy) is 1. The monoisotopic (exact) mass is 311 g/mol. The van der Waals surface area contributed by atoms with Crippen LogP contribution in [0, 0.1) is 11.8 Å². The lowest BCUT2D eigenvalue weighted by Crippen LogP contribution is -2.41. The summed E-state index contributed by atoms with van der Waals surface area (Å²) in [6.45, 7) is 7.91. The van der Waals surface area contributed by atoms with Gasteiger partial charge in [-0.25, -0.2) is 9.37 Å². The molecule has 7 heteroatoms. The summed E-state index contributed by atoms with van der Waals surface area (Å²) < 4.78 is 45.6. The summed E-state index contributed by atoms with van der Waals surface area (Å²) in [4.78, 5) is 3.86. The largest absolute Gasteiger partial charge is 0.502 e. The number of aromatic nitrogens is 1. The zero-order valence-electron chi connectivity index (χ0n) is 13.3. The van der Waals surface area contributed by atoms with Gasteiger partial charge in [-0.1, -0.05) is 0 Å². The van der Waals surface area contributed by atoms with Gasteiger partial charge in [0.05, 0.1) is 28.5 Å². The van der Waals surface area contributed by atoms with E-state index in [9.17, 15) is 8.78 Å². The zero-order chi connectivity index (χ0) is 16.1. The van der Waals surface area contributed by atoms with Crippen LogP contribution in [0.15, 0.2) is 6.07 Å². The maximum atomic E-state index is 14.4. The average Bonchev–Trinajstić information content (AvgIpc) is 2.95. The van der Waals surface area contributed by atoms with E-state index >= 15 is 0 Å². The van der Waals surface area contributed by atoms with Crippen LogP contribution in [0.25, 0.3) is 0 Å². The number of halogens is 2. The minimum absolute atomic E-state index is 0.277. The molecule has 1 aromatic rings. The van der Waals surface area contributed by atoms with Crippen molar-refractivity contribution in [3.63, 3.8) is 0 Å². The molecule has 2 fully saturated rings. The van der Waals surface area contributed by atoms with Crippen LogP contribution in [0.1, 0.15) is 52.3 Å². The molecule has 3 heterocycles. The molecule has 0 aliphatic carbocycles. The molecule has 0 N–H and O–H groups in total. The van der Waals surface area contributed by atoms with E-state index in [0.717, 1.165) is 12.8 Å². The van der Waals surface area contributed by atoms with Gasteiger partial charge in [-0.2, -0.15) is 4.39 Å². The smallest absolute Gasteiger partial charge is 0.399 e. The van der Waals surface area contributed by atoms with Gasteiger partial charge >= 0.3 is 7.12 Å². The summed E-state index contributed by atoms with van der Waals surface area (Å²) in [5, 5.41) is 0. The van der Waals surface area contributed by atoms with E-state index in [0.29, 0.717) is 6.61 Å². The molecular weight excluding hydrogens is 291 g/mol. The van der Waals surface area contributed by atoms with E-state index in [1.165, 1.54) is 6.07 Å². The van der Waals surface area contributed by atoms with E-state index in [4.69, 9.17) is 14.0 Å². The topological polar surface area (TPSA) is 40.6 Å². The van der Waals surface area contributed by atoms with Crippen molar-refractivity contribution < 1.29 is 22.8 Å². The van der Waals surface area contributed by atoms with Crippen LogP contribution in [0.2, 0.25) is 0 Å². The molecule has 0 aromatic carbocycles. The molecule has 0 bridgehead atoms. The van der Waals surface area contributed by atoms with Crippen molar-refractivity contribution in [2.24, 2.45) is 0 Å². The Kier molecular flexibility index (Phi) is 3.78. The fraction of sp³-hybridized carbons (Fsp3) is 0.667. The SMILES string of the molecule is CC1(C)OB(c2c(F)cc(C3CCCO3)nc2F)OC1(C)C. The van der Waals surface area contributed by atoms with Crippen molar-refractivity contribution in [3.05, 3.63) is 23.5 Å². The van der Waals surface area contributed by atoms with E-state index in [2.05, 4.69) is 4.98 Å². The van der Waals surface area contributed by atoms with Crippen molar-refractivity contribution in [2.75, 3.05) is 6.61 Å². The van der Waals surface area contributed by atoms with Crippen molar-refractivity contribution in [2.45, 2.75) is 57.8 Å². The Morgan fingerprint density at radius 2 is 1.82 bits per heavy atom. The molecule has 2 aliphatic rings. The summed E-state index contributed by atoms with van der Waals surface area (Å²) in [7, 11) is -1.10. The molecule has 2 saturated heterocycles. The first-order valence-electron chi connectivity index (χ1n) is 7.54. The summed E-state index contributed by atoms with van der Waals surface area (Å²) >= 11 is 0. The van der Waals surface area contributed by atoms with E-state index < -0.39 is 30.1 Å². The second-order valence-corrected chi connectivity index (χ2v) is 6.82. The van der Waals surface area contributed by atoms with Gasteiger partial charge < -0.3 is 14.0 Å². The quantitative estimate of drug-likeness (QED) is 0.621. The van der Waals surface area contributed by atoms with Gasteiger partial charge in [0.1, 0.15) is 5.82 Å². The number of pyridine rings is 1. The van der Waals surface area contributed by atoms with Crippen LogP contribution in [0.5, 0.6) is 0 Å². The van der Waals surface area contributed by atoms with E-state index in [-0.39, 0.29) is 17.3 Å². The molecule has 0 radical (unpaired) electrons. The first-order valence-corrected chi connectivity index (χ1v) is 7.54. The Bertz CT molecular complexity index is 549. The molecular formula is C15H20BF2NO3. The molecule has 4 nitrogen and oxygen atoms in total. The van der Waals surface area contributed by atoms with Crippen LogP contribution < -0.4 is 5.46 Å². The Labute approximate surface area is 129 Å². The summed E-state index contributed by atoms with van der Waals surface area (Å²) in [6, 6.07) is 1.22. The molecule has 0 spiro atoms. The fourth-order valence-electron chi connectivity index (χ4n) is 2.66. The first-order chi connectivity index (χ1) is 10.2. The zero-order valence-corrected chi connectivity index (χ0v) is 13.3. The normalized spacial score (nSPS) is 26.6. The highest BCUT2D eigenvalue weighted by atomic mass is 19.1. The van der Waals surface area contributed by atoms with Gasteiger partial charge in [0.15, 0.2) is 0 Å². The summed E-state index contributed by atoms with van der Waals surface area (Å²) in [5.41, 5.74) is -1.32. The molecule has 22 heavy (non-hydrogen) atoms. The Hall–Kier alpha value is -1.05. The van der Waals surface area contributed by atoms with Crippen LogP contribution in [0.4, 0.5) is 8.78 Å². The van der Waals surface area contributed by atoms with Crippen LogP contribution in [0.3, 0.4) is 0 Å². The number of rotatable bonds is 2.